The standard InChI is InChI=1S/C29H35N5O6S/c1-28(2,30)27(37)33-22(14-17-16-32-21-7-5-4-6-19(17)21)26(36)24-25(35)20-15-18(34-41(3,38)39)8-9-23(20)40-29(24)10-12-31-13-11-29/h4-9,15-16,22,24,31-32,34H,10-14,30H2,1-3H3,(H,33,37)/t22-,24?/m1/s1. The van der Waals surface area contributed by atoms with Crippen molar-refractivity contribution in [1.82, 2.24) is 15.6 Å². The summed E-state index contributed by atoms with van der Waals surface area (Å²) in [6.45, 7) is 4.17. The first-order valence-corrected chi connectivity index (χ1v) is 15.4. The van der Waals surface area contributed by atoms with Crippen molar-refractivity contribution in [3.8, 4) is 5.75 Å². The molecule has 2 aromatic carbocycles. The van der Waals surface area contributed by atoms with E-state index >= 15 is 0 Å². The lowest BCUT2D eigenvalue weighted by molar-refractivity contribution is -0.136. The van der Waals surface area contributed by atoms with Crippen LogP contribution in [0.3, 0.4) is 0 Å². The Kier molecular flexibility index (Phi) is 7.43. The molecule has 3 aromatic rings. The zero-order valence-corrected chi connectivity index (χ0v) is 24.1. The highest BCUT2D eigenvalue weighted by Crippen LogP contribution is 2.44. The van der Waals surface area contributed by atoms with Crippen molar-refractivity contribution < 1.29 is 27.5 Å². The molecule has 1 amide bonds. The summed E-state index contributed by atoms with van der Waals surface area (Å²) >= 11 is 0. The molecule has 1 spiro atoms. The number of hydrogen-bond donors (Lipinski definition) is 5. The van der Waals surface area contributed by atoms with Crippen molar-refractivity contribution in [2.24, 2.45) is 11.7 Å². The number of hydrogen-bond acceptors (Lipinski definition) is 8. The summed E-state index contributed by atoms with van der Waals surface area (Å²) in [5, 5.41) is 6.98. The molecule has 2 aliphatic heterocycles. The van der Waals surface area contributed by atoms with Crippen molar-refractivity contribution >= 4 is 44.1 Å². The fourth-order valence-corrected chi connectivity index (χ4v) is 6.23. The molecule has 5 rings (SSSR count). The SMILES string of the molecule is CC(C)(N)C(=O)N[C@H](Cc1c[nH]c2ccccc12)C(=O)C1C(=O)c2cc(NS(C)(=O)=O)ccc2OC12CCNCC2. The molecule has 1 saturated heterocycles. The molecule has 0 saturated carbocycles. The number of Topliss-reactive ketones (excluding diaryl/α,β-unsaturated/α-hetero) is 2. The number of aromatic nitrogens is 1. The maximum atomic E-state index is 14.5. The second kappa shape index (κ2) is 10.6. The molecule has 218 valence electrons. The number of piperidine rings is 1. The fraction of sp³-hybridized carbons (Fsp3) is 0.414. The number of carbonyl (C=O) groups is 3. The van der Waals surface area contributed by atoms with E-state index in [0.29, 0.717) is 31.7 Å². The van der Waals surface area contributed by atoms with Crippen LogP contribution in [-0.4, -0.2) is 67.4 Å². The van der Waals surface area contributed by atoms with Crippen LogP contribution >= 0.6 is 0 Å². The minimum absolute atomic E-state index is 0.109. The van der Waals surface area contributed by atoms with Gasteiger partial charge in [0, 0.05) is 42.0 Å². The molecular weight excluding hydrogens is 546 g/mol. The third-order valence-electron chi connectivity index (χ3n) is 7.72. The predicted molar refractivity (Wildman–Crippen MR) is 155 cm³/mol. The van der Waals surface area contributed by atoms with Crippen LogP contribution in [0.4, 0.5) is 5.69 Å². The van der Waals surface area contributed by atoms with Gasteiger partial charge < -0.3 is 26.1 Å². The van der Waals surface area contributed by atoms with E-state index in [1.54, 1.807) is 26.1 Å². The van der Waals surface area contributed by atoms with E-state index in [2.05, 4.69) is 20.3 Å². The van der Waals surface area contributed by atoms with Gasteiger partial charge in [0.05, 0.1) is 23.4 Å². The fourth-order valence-electron chi connectivity index (χ4n) is 5.68. The van der Waals surface area contributed by atoms with Gasteiger partial charge in [-0.05, 0) is 56.8 Å². The van der Waals surface area contributed by atoms with E-state index in [4.69, 9.17) is 10.5 Å². The first-order chi connectivity index (χ1) is 19.3. The Balaban J connectivity index is 1.57. The van der Waals surface area contributed by atoms with Crippen LogP contribution in [0.2, 0.25) is 0 Å². The van der Waals surface area contributed by atoms with Crippen molar-refractivity contribution in [3.63, 3.8) is 0 Å². The summed E-state index contributed by atoms with van der Waals surface area (Å²) in [6.07, 6.45) is 3.73. The van der Waals surface area contributed by atoms with Gasteiger partial charge >= 0.3 is 0 Å². The predicted octanol–water partition coefficient (Wildman–Crippen LogP) is 1.89. The van der Waals surface area contributed by atoms with Crippen LogP contribution in [-0.2, 0) is 26.0 Å². The van der Waals surface area contributed by atoms with E-state index in [-0.39, 0.29) is 17.7 Å². The van der Waals surface area contributed by atoms with E-state index < -0.39 is 50.6 Å². The second-order valence-corrected chi connectivity index (χ2v) is 13.3. The lowest BCUT2D eigenvalue weighted by Gasteiger charge is -2.46. The third-order valence-corrected chi connectivity index (χ3v) is 8.32. The van der Waals surface area contributed by atoms with Crippen molar-refractivity contribution in [2.45, 2.75) is 50.3 Å². The largest absolute Gasteiger partial charge is 0.485 e. The summed E-state index contributed by atoms with van der Waals surface area (Å²) < 4.78 is 32.5. The molecule has 1 unspecified atom stereocenters. The number of ketones is 2. The molecule has 1 aromatic heterocycles. The zero-order chi connectivity index (χ0) is 29.6. The van der Waals surface area contributed by atoms with Gasteiger partial charge in [0.2, 0.25) is 15.9 Å². The Morgan fingerprint density at radius 3 is 2.56 bits per heavy atom. The maximum Gasteiger partial charge on any atom is 0.240 e. The Morgan fingerprint density at radius 2 is 1.88 bits per heavy atom. The van der Waals surface area contributed by atoms with Crippen molar-refractivity contribution in [3.05, 3.63) is 59.8 Å². The number of para-hydroxylation sites is 1. The number of sulfonamides is 1. The van der Waals surface area contributed by atoms with E-state index in [1.165, 1.54) is 12.1 Å². The lowest BCUT2D eigenvalue weighted by atomic mass is 9.70. The highest BCUT2D eigenvalue weighted by Gasteiger charge is 2.55. The number of anilines is 1. The molecule has 2 atom stereocenters. The minimum atomic E-state index is -3.61. The molecule has 41 heavy (non-hydrogen) atoms. The van der Waals surface area contributed by atoms with Gasteiger partial charge in [0.1, 0.15) is 17.3 Å². The molecule has 0 aliphatic carbocycles. The summed E-state index contributed by atoms with van der Waals surface area (Å²) in [6, 6.07) is 11.0. The molecule has 2 aliphatic rings. The summed E-state index contributed by atoms with van der Waals surface area (Å²) in [4.78, 5) is 45.0. The van der Waals surface area contributed by atoms with Crippen LogP contribution in [0, 0.1) is 5.92 Å². The number of carbonyl (C=O) groups excluding carboxylic acids is 3. The number of amides is 1. The molecule has 1 fully saturated rings. The monoisotopic (exact) mass is 581 g/mol. The third kappa shape index (κ3) is 5.85. The number of ether oxygens (including phenoxy) is 1. The molecule has 11 nitrogen and oxygen atoms in total. The van der Waals surface area contributed by atoms with Crippen LogP contribution < -0.4 is 25.8 Å². The Bertz CT molecular complexity index is 1620. The first kappa shape index (κ1) is 28.8. The van der Waals surface area contributed by atoms with Gasteiger partial charge in [-0.15, -0.1) is 0 Å². The van der Waals surface area contributed by atoms with Crippen molar-refractivity contribution in [2.75, 3.05) is 24.1 Å². The summed E-state index contributed by atoms with van der Waals surface area (Å²) in [7, 11) is -3.61. The first-order valence-electron chi connectivity index (χ1n) is 13.5. The molecule has 6 N–H and O–H groups in total. The van der Waals surface area contributed by atoms with Crippen LogP contribution in [0.25, 0.3) is 10.9 Å². The average molecular weight is 582 g/mol. The van der Waals surface area contributed by atoms with Gasteiger partial charge in [-0.25, -0.2) is 8.42 Å². The molecule has 0 radical (unpaired) electrons. The Morgan fingerprint density at radius 1 is 1.17 bits per heavy atom. The van der Waals surface area contributed by atoms with Gasteiger partial charge in [0.25, 0.3) is 0 Å². The molecule has 3 heterocycles. The van der Waals surface area contributed by atoms with E-state index in [1.807, 2.05) is 24.3 Å². The highest BCUT2D eigenvalue weighted by molar-refractivity contribution is 7.92. The number of rotatable bonds is 8. The summed E-state index contributed by atoms with van der Waals surface area (Å²) in [5.74, 6) is -2.42. The number of nitrogens with one attached hydrogen (secondary N) is 4. The number of benzene rings is 2. The number of H-pyrrole nitrogens is 1. The number of nitrogens with two attached hydrogens (primary N) is 1. The summed E-state index contributed by atoms with van der Waals surface area (Å²) in [5.41, 5.74) is 5.66. The second-order valence-electron chi connectivity index (χ2n) is 11.5. The van der Waals surface area contributed by atoms with E-state index in [0.717, 1.165) is 22.7 Å². The normalized spacial score (nSPS) is 19.3. The zero-order valence-electron chi connectivity index (χ0n) is 23.2. The van der Waals surface area contributed by atoms with Crippen LogP contribution in [0.15, 0.2) is 48.7 Å². The van der Waals surface area contributed by atoms with Gasteiger partial charge in [-0.1, -0.05) is 18.2 Å². The Labute approximate surface area is 238 Å². The number of fused-ring (bicyclic) bond motifs is 2. The molecular formula is C29H35N5O6S. The van der Waals surface area contributed by atoms with Gasteiger partial charge in [-0.2, -0.15) is 0 Å². The topological polar surface area (TPSA) is 172 Å². The van der Waals surface area contributed by atoms with Gasteiger partial charge in [0.15, 0.2) is 11.6 Å². The van der Waals surface area contributed by atoms with Crippen LogP contribution in [0.1, 0.15) is 42.6 Å². The smallest absolute Gasteiger partial charge is 0.240 e. The average Bonchev–Trinajstić information content (AvgIpc) is 3.30. The Hall–Kier alpha value is -3.74. The lowest BCUT2D eigenvalue weighted by Crippen LogP contribution is -2.63. The highest BCUT2D eigenvalue weighted by atomic mass is 32.2. The molecule has 12 heteroatoms. The quantitative estimate of drug-likeness (QED) is 0.251. The van der Waals surface area contributed by atoms with Gasteiger partial charge in [-0.3, -0.25) is 19.1 Å². The van der Waals surface area contributed by atoms with E-state index in [9.17, 15) is 22.8 Å². The maximum absolute atomic E-state index is 14.5. The van der Waals surface area contributed by atoms with Crippen molar-refractivity contribution in [1.29, 1.82) is 0 Å². The van der Waals surface area contributed by atoms with Crippen LogP contribution in [0.5, 0.6) is 5.75 Å². The number of aromatic amines is 1. The molecule has 0 bridgehead atoms. The minimum Gasteiger partial charge on any atom is -0.485 e.